The lowest BCUT2D eigenvalue weighted by Gasteiger charge is -2.18. The van der Waals surface area contributed by atoms with E-state index in [4.69, 9.17) is 43.1 Å². The number of halogens is 2. The number of allylic oxidation sites excluding steroid dienone is 7. The summed E-state index contributed by atoms with van der Waals surface area (Å²) in [6.45, 7) is 25.1. The Hall–Kier alpha value is -9.41. The Morgan fingerprint density at radius 2 is 0.932 bits per heavy atom. The summed E-state index contributed by atoms with van der Waals surface area (Å²) in [6, 6.07) is 9.37. The summed E-state index contributed by atoms with van der Waals surface area (Å²) < 4.78 is 37.5. The van der Waals surface area contributed by atoms with E-state index in [0.717, 1.165) is 143 Å². The summed E-state index contributed by atoms with van der Waals surface area (Å²) in [7, 11) is 10.0. The van der Waals surface area contributed by atoms with Crippen molar-refractivity contribution in [2.45, 2.75) is 167 Å². The van der Waals surface area contributed by atoms with Crippen molar-refractivity contribution in [2.75, 3.05) is 49.8 Å². The van der Waals surface area contributed by atoms with Crippen molar-refractivity contribution in [3.05, 3.63) is 160 Å². The van der Waals surface area contributed by atoms with E-state index in [0.29, 0.717) is 82.9 Å². The molecule has 0 radical (unpaired) electrons. The molecule has 1 aromatic carbocycles. The lowest BCUT2D eigenvalue weighted by molar-refractivity contribution is -0.381. The number of benzene rings is 1. The molecule has 22 heteroatoms. The van der Waals surface area contributed by atoms with Gasteiger partial charge in [0.15, 0.2) is 12.4 Å². The number of hydrogen-bond acceptors (Lipinski definition) is 14. The van der Waals surface area contributed by atoms with Gasteiger partial charge in [-0.1, -0.05) is 55.4 Å². The molecule has 0 saturated carbocycles. The minimum Gasteiger partial charge on any atom is -1.00 e. The van der Waals surface area contributed by atoms with Crippen molar-refractivity contribution < 1.29 is 101 Å². The number of nitrogens with one attached hydrogen (secondary N) is 6. The Labute approximate surface area is 624 Å². The Morgan fingerprint density at radius 1 is 0.437 bits per heavy atom. The third-order valence-corrected chi connectivity index (χ3v) is 20.0. The van der Waals surface area contributed by atoms with E-state index in [1.807, 2.05) is 39.8 Å². The highest BCUT2D eigenvalue weighted by Gasteiger charge is 2.33. The van der Waals surface area contributed by atoms with E-state index in [1.54, 1.807) is 19.2 Å². The van der Waals surface area contributed by atoms with Crippen LogP contribution in [0.2, 0.25) is 0 Å². The molecule has 0 unspecified atom stereocenters. The van der Waals surface area contributed by atoms with Gasteiger partial charge in [0.2, 0.25) is 11.4 Å². The molecule has 0 atom stereocenters. The molecule has 10 rings (SSSR count). The van der Waals surface area contributed by atoms with Gasteiger partial charge in [0.1, 0.15) is 11.5 Å². The van der Waals surface area contributed by atoms with Crippen LogP contribution in [0.4, 0.5) is 0 Å². The van der Waals surface area contributed by atoms with Crippen molar-refractivity contribution in [1.82, 2.24) is 29.9 Å². The second-order valence-electron chi connectivity index (χ2n) is 25.2. The van der Waals surface area contributed by atoms with Crippen molar-refractivity contribution >= 4 is 98.8 Å². The van der Waals surface area contributed by atoms with Crippen LogP contribution in [0.15, 0.2) is 64.0 Å². The number of aromatic nitrogens is 6. The van der Waals surface area contributed by atoms with Crippen molar-refractivity contribution in [2.24, 2.45) is 0 Å². The predicted molar refractivity (Wildman–Crippen MR) is 397 cm³/mol. The topological polar surface area (TPSA) is 267 Å². The SMILES string of the molecule is CCC1=C(CC)C(=Cc2[nH]c(Cc3[nH]c(/C=C4\[NH+]=CC(CC)=C4CC)c(C)c3CC(=O)OC)c(CC(=O)OC)c2C)[NH+]=C1.CCC1=C(CC)c2nc1cc1nc(cc3[nH]c(cc4[nH]c(c(CC)c4CC)c2-c2c(OC)cc(OC)cc2C(=O)OC)c(C)c3CC(=O)OC)C(CC(=O)OC)=C1C.[Br-].[Br-]. The Morgan fingerprint density at radius 3 is 1.40 bits per heavy atom. The molecule has 4 aliphatic rings. The summed E-state index contributed by atoms with van der Waals surface area (Å²) in [6.07, 6.45) is 15.7. The first-order chi connectivity index (χ1) is 48.6. The van der Waals surface area contributed by atoms with E-state index in [1.165, 1.54) is 65.0 Å². The molecule has 0 spiro atoms. The van der Waals surface area contributed by atoms with Gasteiger partial charge >= 0.3 is 29.8 Å². The largest absolute Gasteiger partial charge is 1.00 e. The van der Waals surface area contributed by atoms with Crippen LogP contribution in [0.3, 0.4) is 0 Å². The second-order valence-corrected chi connectivity index (χ2v) is 25.2. The van der Waals surface area contributed by atoms with Crippen LogP contribution < -0.4 is 53.4 Å². The normalized spacial score (nSPS) is 13.9. The van der Waals surface area contributed by atoms with Crippen LogP contribution in [0.25, 0.3) is 67.6 Å². The molecular formula is C81H98Br2N8O12. The third kappa shape index (κ3) is 16.5. The molecule has 4 aliphatic heterocycles. The van der Waals surface area contributed by atoms with Gasteiger partial charge in [-0.2, -0.15) is 0 Å². The van der Waals surface area contributed by atoms with Crippen molar-refractivity contribution in [1.29, 1.82) is 0 Å². The van der Waals surface area contributed by atoms with E-state index >= 15 is 0 Å². The molecule has 6 N–H and O–H groups in total. The smallest absolute Gasteiger partial charge is 0.338 e. The van der Waals surface area contributed by atoms with Gasteiger partial charge in [-0.15, -0.1) is 0 Å². The highest BCUT2D eigenvalue weighted by molar-refractivity contribution is 6.09. The fourth-order valence-electron chi connectivity index (χ4n) is 14.4. The zero-order valence-corrected chi connectivity index (χ0v) is 66.1. The molecule has 6 aromatic rings. The van der Waals surface area contributed by atoms with Gasteiger partial charge in [0.05, 0.1) is 109 Å². The molecule has 8 bridgehead atoms. The number of aryl methyl sites for hydroxylation is 3. The average Bonchev–Trinajstić information content (AvgIpc) is 1.63. The lowest BCUT2D eigenvalue weighted by Crippen LogP contribution is -3.00. The molecular weight excluding hydrogens is 1440 g/mol. The summed E-state index contributed by atoms with van der Waals surface area (Å²) in [5, 5.41) is 0. The highest BCUT2D eigenvalue weighted by Crippen LogP contribution is 2.48. The first kappa shape index (κ1) is 80.9. The highest BCUT2D eigenvalue weighted by atomic mass is 79.9. The van der Waals surface area contributed by atoms with E-state index in [2.05, 4.69) is 116 Å². The summed E-state index contributed by atoms with van der Waals surface area (Å²) in [5.74, 6) is -1.10. The number of hydrogen-bond donors (Lipinski definition) is 6. The Bertz CT molecular complexity index is 4650. The van der Waals surface area contributed by atoms with E-state index < -0.39 is 11.9 Å². The van der Waals surface area contributed by atoms with Gasteiger partial charge in [-0.3, -0.25) is 19.2 Å². The molecule has 20 nitrogen and oxygen atoms in total. The maximum atomic E-state index is 13.8. The number of aromatic amines is 4. The van der Waals surface area contributed by atoms with Gasteiger partial charge in [-0.25, -0.2) is 24.7 Å². The number of carbonyl (C=O) groups is 5. The van der Waals surface area contributed by atoms with Crippen LogP contribution in [0.5, 0.6) is 11.5 Å². The number of carbonyl (C=O) groups excluding carboxylic acids is 5. The molecule has 548 valence electrons. The number of methoxy groups -OCH3 is 7. The minimum absolute atomic E-state index is 0. The van der Waals surface area contributed by atoms with Gasteiger partial charge < -0.3 is 87.1 Å². The van der Waals surface area contributed by atoms with Crippen molar-refractivity contribution in [3.8, 4) is 22.6 Å². The van der Waals surface area contributed by atoms with Crippen LogP contribution in [-0.4, -0.2) is 122 Å². The zero-order valence-electron chi connectivity index (χ0n) is 62.9. The first-order valence-electron chi connectivity index (χ1n) is 34.9. The van der Waals surface area contributed by atoms with E-state index in [9.17, 15) is 24.0 Å². The maximum Gasteiger partial charge on any atom is 0.338 e. The zero-order chi connectivity index (χ0) is 73.3. The van der Waals surface area contributed by atoms with Crippen LogP contribution >= 0.6 is 0 Å². The van der Waals surface area contributed by atoms with Gasteiger partial charge in [-0.05, 0) is 170 Å². The fraction of sp³-hybridized carbons (Fsp3) is 0.395. The lowest BCUT2D eigenvalue weighted by atomic mass is 9.90. The Balaban J connectivity index is 0.000000295. The monoisotopic (exact) mass is 1530 g/mol. The first-order valence-corrected chi connectivity index (χ1v) is 34.9. The molecule has 0 aliphatic carbocycles. The average molecular weight is 1540 g/mol. The van der Waals surface area contributed by atoms with Gasteiger partial charge in [0, 0.05) is 97.4 Å². The van der Waals surface area contributed by atoms with Crippen LogP contribution in [0.1, 0.15) is 208 Å². The number of rotatable bonds is 24. The molecule has 103 heavy (non-hydrogen) atoms. The molecule has 0 saturated heterocycles. The Kier molecular flexibility index (Phi) is 28.0. The van der Waals surface area contributed by atoms with E-state index in [-0.39, 0.29) is 83.1 Å². The predicted octanol–water partition coefficient (Wildman–Crippen LogP) is 6.39. The van der Waals surface area contributed by atoms with Gasteiger partial charge in [0.25, 0.3) is 0 Å². The molecule has 0 amide bonds. The number of nitrogens with zero attached hydrogens (tertiary/aromatic N) is 2. The summed E-state index contributed by atoms with van der Waals surface area (Å²) in [4.78, 5) is 96.7. The maximum absolute atomic E-state index is 13.8. The summed E-state index contributed by atoms with van der Waals surface area (Å²) >= 11 is 0. The van der Waals surface area contributed by atoms with Crippen LogP contribution in [0, 0.1) is 20.8 Å². The quantitative estimate of drug-likeness (QED) is 0.0283. The number of H-pyrrole nitrogens is 4. The number of esters is 5. The van der Waals surface area contributed by atoms with Crippen molar-refractivity contribution in [3.63, 3.8) is 0 Å². The van der Waals surface area contributed by atoms with Crippen LogP contribution in [-0.2, 0) is 81.4 Å². The fourth-order valence-corrected chi connectivity index (χ4v) is 14.4. The number of fused-ring (bicyclic) bond motifs is 8. The number of ether oxygens (including phenoxy) is 7. The summed E-state index contributed by atoms with van der Waals surface area (Å²) in [5.41, 5.74) is 29.4. The molecule has 9 heterocycles. The third-order valence-electron chi connectivity index (χ3n) is 20.0. The second kappa shape index (κ2) is 35.7. The standard InChI is InChI=1S/C46H52N4O8.C35H44N4O4.2BrH/c1-12-26-28(14-3)44-43(42-32(46(53)58-11)16-25(54-7)17-39(42)55-8)45-29(15-4)27(13-2)36(50-45)21-34-24(6)31(19-41(52)57-10)38(48-34)22-37-30(18-40(51)56-9)23(5)33(47-37)20-35(26)49-44;1-9-22-18-36-30(24(22)11-3)15-28-20(5)26(13-34(40)42-7)32(38-28)17-33-27(14-35(41)43-8)21(6)29(39-33)16-31-25(12-4)23(10-2)19-37-31;;/h16-17,20-22,47,49H,12-15,18-19H2,1-11H3;15-16,18-19,38-39H,9-14,17H2,1-8H3;2*1H/b;30-15-,31-16?;;. The minimum atomic E-state index is -0.558. The molecule has 0 fully saturated rings. The molecule has 5 aromatic heterocycles.